The maximum atomic E-state index is 12.8. The number of rotatable bonds is 3. The Morgan fingerprint density at radius 2 is 2.00 bits per heavy atom. The fourth-order valence-electron chi connectivity index (χ4n) is 3.62. The number of benzene rings is 1. The Morgan fingerprint density at radius 1 is 1.19 bits per heavy atom. The molecule has 1 saturated heterocycles. The number of aromatic nitrogens is 3. The topological polar surface area (TPSA) is 70.7 Å². The highest BCUT2D eigenvalue weighted by atomic mass is 16.3. The van der Waals surface area contributed by atoms with Gasteiger partial charge in [0.2, 0.25) is 0 Å². The van der Waals surface area contributed by atoms with Crippen molar-refractivity contribution in [1.29, 1.82) is 0 Å². The minimum Gasteiger partial charge on any atom is -0.507 e. The van der Waals surface area contributed by atoms with Crippen LogP contribution < -0.4 is 0 Å². The van der Waals surface area contributed by atoms with Crippen LogP contribution in [0.1, 0.15) is 47.4 Å². The summed E-state index contributed by atoms with van der Waals surface area (Å²) in [6.45, 7) is 3.34. The highest BCUT2D eigenvalue weighted by Gasteiger charge is 2.28. The number of phenols is 1. The maximum absolute atomic E-state index is 12.8. The van der Waals surface area contributed by atoms with Gasteiger partial charge in [0.25, 0.3) is 5.91 Å². The van der Waals surface area contributed by atoms with Crippen molar-refractivity contribution in [2.24, 2.45) is 0 Å². The summed E-state index contributed by atoms with van der Waals surface area (Å²) < 4.78 is 2.03. The van der Waals surface area contributed by atoms with E-state index >= 15 is 0 Å². The first kappa shape index (κ1) is 16.6. The van der Waals surface area contributed by atoms with Crippen LogP contribution in [0.2, 0.25) is 0 Å². The van der Waals surface area contributed by atoms with E-state index in [4.69, 9.17) is 0 Å². The van der Waals surface area contributed by atoms with Gasteiger partial charge in [-0.05, 0) is 49.1 Å². The lowest BCUT2D eigenvalue weighted by molar-refractivity contribution is 0.0707. The summed E-state index contributed by atoms with van der Waals surface area (Å²) in [7, 11) is 0. The number of piperidine rings is 1. The molecule has 26 heavy (non-hydrogen) atoms. The SMILES string of the molecule is CCc1ccc(O)c(C(=O)N2CCC(c3nnc4ccccn34)CC2)c1. The van der Waals surface area contributed by atoms with E-state index in [9.17, 15) is 9.90 Å². The molecule has 1 aliphatic rings. The Hall–Kier alpha value is -2.89. The number of hydrogen-bond acceptors (Lipinski definition) is 4. The third-order valence-corrected chi connectivity index (χ3v) is 5.19. The zero-order valence-corrected chi connectivity index (χ0v) is 14.8. The molecule has 1 fully saturated rings. The normalized spacial score (nSPS) is 15.5. The van der Waals surface area contributed by atoms with Gasteiger partial charge in [0.05, 0.1) is 5.56 Å². The van der Waals surface area contributed by atoms with E-state index in [0.717, 1.165) is 36.3 Å². The number of fused-ring (bicyclic) bond motifs is 1. The second-order valence-electron chi connectivity index (χ2n) is 6.76. The van der Waals surface area contributed by atoms with E-state index < -0.39 is 0 Å². The molecule has 2 aromatic heterocycles. The molecule has 0 atom stereocenters. The summed E-state index contributed by atoms with van der Waals surface area (Å²) in [5.41, 5.74) is 2.30. The smallest absolute Gasteiger partial charge is 0.257 e. The standard InChI is InChI=1S/C20H22N4O2/c1-2-14-6-7-17(25)16(13-14)20(26)23-11-8-15(9-12-23)19-22-21-18-5-3-4-10-24(18)19/h3-7,10,13,15,25H,2,8-9,11-12H2,1H3. The Morgan fingerprint density at radius 3 is 2.77 bits per heavy atom. The number of carbonyl (C=O) groups is 1. The molecule has 0 bridgehead atoms. The van der Waals surface area contributed by atoms with Crippen LogP contribution in [-0.4, -0.2) is 43.6 Å². The molecule has 1 aromatic carbocycles. The minimum atomic E-state index is -0.0950. The van der Waals surface area contributed by atoms with E-state index in [1.807, 2.05) is 46.7 Å². The number of pyridine rings is 1. The van der Waals surface area contributed by atoms with Crippen molar-refractivity contribution < 1.29 is 9.90 Å². The highest BCUT2D eigenvalue weighted by Crippen LogP contribution is 2.29. The molecule has 0 spiro atoms. The van der Waals surface area contributed by atoms with Crippen LogP contribution in [0.25, 0.3) is 5.65 Å². The second-order valence-corrected chi connectivity index (χ2v) is 6.76. The average molecular weight is 350 g/mol. The number of phenolic OH excluding ortho intramolecular Hbond substituents is 1. The lowest BCUT2D eigenvalue weighted by Crippen LogP contribution is -2.38. The predicted octanol–water partition coefficient (Wildman–Crippen LogP) is 3.02. The van der Waals surface area contributed by atoms with Crippen molar-refractivity contribution in [3.8, 4) is 5.75 Å². The van der Waals surface area contributed by atoms with Gasteiger partial charge in [0.15, 0.2) is 5.65 Å². The average Bonchev–Trinajstić information content (AvgIpc) is 3.12. The Balaban J connectivity index is 1.49. The lowest BCUT2D eigenvalue weighted by atomic mass is 9.95. The zero-order chi connectivity index (χ0) is 18.1. The summed E-state index contributed by atoms with van der Waals surface area (Å²) in [6, 6.07) is 11.1. The number of likely N-dealkylation sites (tertiary alicyclic amines) is 1. The molecule has 134 valence electrons. The molecule has 3 heterocycles. The number of amides is 1. The van der Waals surface area contributed by atoms with Gasteiger partial charge in [-0.2, -0.15) is 0 Å². The van der Waals surface area contributed by atoms with Gasteiger partial charge in [-0.15, -0.1) is 10.2 Å². The molecular weight excluding hydrogens is 328 g/mol. The molecule has 0 saturated carbocycles. The van der Waals surface area contributed by atoms with Crippen molar-refractivity contribution in [2.75, 3.05) is 13.1 Å². The van der Waals surface area contributed by atoms with Crippen LogP contribution in [0.5, 0.6) is 5.75 Å². The molecule has 1 amide bonds. The maximum Gasteiger partial charge on any atom is 0.257 e. The minimum absolute atomic E-state index is 0.0535. The van der Waals surface area contributed by atoms with Crippen LogP contribution >= 0.6 is 0 Å². The number of nitrogens with zero attached hydrogens (tertiary/aromatic N) is 4. The van der Waals surface area contributed by atoms with Crippen LogP contribution in [-0.2, 0) is 6.42 Å². The molecule has 6 heteroatoms. The molecule has 0 aliphatic carbocycles. The Labute approximate surface area is 152 Å². The molecule has 0 radical (unpaired) electrons. The predicted molar refractivity (Wildman–Crippen MR) is 98.4 cm³/mol. The number of aryl methyl sites for hydroxylation is 1. The van der Waals surface area contributed by atoms with Gasteiger partial charge in [-0.3, -0.25) is 9.20 Å². The summed E-state index contributed by atoms with van der Waals surface area (Å²) in [5, 5.41) is 18.7. The van der Waals surface area contributed by atoms with Gasteiger partial charge in [0.1, 0.15) is 11.6 Å². The summed E-state index contributed by atoms with van der Waals surface area (Å²) in [6.07, 6.45) is 4.50. The van der Waals surface area contributed by atoms with E-state index in [2.05, 4.69) is 10.2 Å². The molecule has 1 N–H and O–H groups in total. The second kappa shape index (κ2) is 6.78. The first-order valence-corrected chi connectivity index (χ1v) is 9.08. The third kappa shape index (κ3) is 2.92. The Kier molecular flexibility index (Phi) is 4.32. The molecule has 3 aromatic rings. The Bertz CT molecular complexity index is 942. The summed E-state index contributed by atoms with van der Waals surface area (Å²) in [4.78, 5) is 14.7. The fraction of sp³-hybridized carbons (Fsp3) is 0.350. The number of carbonyl (C=O) groups excluding carboxylic acids is 1. The fourth-order valence-corrected chi connectivity index (χ4v) is 3.62. The van der Waals surface area contributed by atoms with Crippen molar-refractivity contribution in [2.45, 2.75) is 32.1 Å². The zero-order valence-electron chi connectivity index (χ0n) is 14.8. The summed E-state index contributed by atoms with van der Waals surface area (Å²) in [5.74, 6) is 1.20. The van der Waals surface area contributed by atoms with Crippen molar-refractivity contribution in [3.63, 3.8) is 0 Å². The monoisotopic (exact) mass is 350 g/mol. The highest BCUT2D eigenvalue weighted by molar-refractivity contribution is 5.97. The molecular formula is C20H22N4O2. The van der Waals surface area contributed by atoms with Gasteiger partial charge in [0, 0.05) is 25.2 Å². The van der Waals surface area contributed by atoms with Gasteiger partial charge < -0.3 is 10.0 Å². The van der Waals surface area contributed by atoms with E-state index in [0.29, 0.717) is 18.7 Å². The molecule has 4 rings (SSSR count). The molecule has 6 nitrogen and oxygen atoms in total. The lowest BCUT2D eigenvalue weighted by Gasteiger charge is -2.31. The molecule has 1 aliphatic heterocycles. The summed E-state index contributed by atoms with van der Waals surface area (Å²) >= 11 is 0. The quantitative estimate of drug-likeness (QED) is 0.788. The van der Waals surface area contributed by atoms with Crippen molar-refractivity contribution in [1.82, 2.24) is 19.5 Å². The van der Waals surface area contributed by atoms with E-state index in [1.165, 1.54) is 0 Å². The van der Waals surface area contributed by atoms with Gasteiger partial charge >= 0.3 is 0 Å². The van der Waals surface area contributed by atoms with Crippen LogP contribution in [0, 0.1) is 0 Å². The van der Waals surface area contributed by atoms with Crippen LogP contribution in [0.4, 0.5) is 0 Å². The third-order valence-electron chi connectivity index (χ3n) is 5.19. The van der Waals surface area contributed by atoms with Crippen LogP contribution in [0.3, 0.4) is 0 Å². The largest absolute Gasteiger partial charge is 0.507 e. The number of hydrogen-bond donors (Lipinski definition) is 1. The van der Waals surface area contributed by atoms with Crippen LogP contribution in [0.15, 0.2) is 42.6 Å². The van der Waals surface area contributed by atoms with E-state index in [1.54, 1.807) is 12.1 Å². The van der Waals surface area contributed by atoms with E-state index in [-0.39, 0.29) is 17.6 Å². The van der Waals surface area contributed by atoms with Gasteiger partial charge in [-0.1, -0.05) is 19.1 Å². The van der Waals surface area contributed by atoms with Crippen molar-refractivity contribution in [3.05, 3.63) is 59.5 Å². The number of aromatic hydroxyl groups is 1. The van der Waals surface area contributed by atoms with Gasteiger partial charge in [-0.25, -0.2) is 0 Å². The van der Waals surface area contributed by atoms with Crippen molar-refractivity contribution >= 4 is 11.6 Å². The first-order chi connectivity index (χ1) is 12.7. The first-order valence-electron chi connectivity index (χ1n) is 9.08. The molecule has 0 unspecified atom stereocenters.